The molecule has 0 saturated carbocycles. The van der Waals surface area contributed by atoms with E-state index >= 15 is 0 Å². The molecule has 1 amide bonds. The number of anilines is 1. The minimum atomic E-state index is -0.648. The van der Waals surface area contributed by atoms with Crippen molar-refractivity contribution in [3.8, 4) is 5.75 Å². The van der Waals surface area contributed by atoms with Gasteiger partial charge in [-0.15, -0.1) is 11.3 Å². The van der Waals surface area contributed by atoms with E-state index in [4.69, 9.17) is 16.3 Å². The molecule has 2 rings (SSSR count). The molecule has 110 valence electrons. The first-order valence-corrected chi connectivity index (χ1v) is 7.27. The maximum absolute atomic E-state index is 12.0. The standard InChI is InChI=1S/C14H12ClNO4S/c1-2-20-14(19)9-7-8(3-4-10(9)17)16-13(18)11-5-6-12(15)21-11/h3-7,17H,2H2,1H3,(H,16,18). The summed E-state index contributed by atoms with van der Waals surface area (Å²) < 4.78 is 5.34. The second-order valence-corrected chi connectivity index (χ2v) is 5.73. The van der Waals surface area contributed by atoms with Crippen LogP contribution < -0.4 is 5.32 Å². The molecule has 21 heavy (non-hydrogen) atoms. The monoisotopic (exact) mass is 325 g/mol. The lowest BCUT2D eigenvalue weighted by atomic mass is 10.1. The maximum Gasteiger partial charge on any atom is 0.341 e. The number of ether oxygens (including phenoxy) is 1. The summed E-state index contributed by atoms with van der Waals surface area (Å²) in [7, 11) is 0. The second-order valence-electron chi connectivity index (χ2n) is 4.01. The van der Waals surface area contributed by atoms with E-state index in [0.29, 0.717) is 14.9 Å². The highest BCUT2D eigenvalue weighted by Crippen LogP contribution is 2.25. The molecule has 0 unspecified atom stereocenters. The Morgan fingerprint density at radius 2 is 2.10 bits per heavy atom. The number of rotatable bonds is 4. The minimum absolute atomic E-state index is 0.00105. The zero-order chi connectivity index (χ0) is 15.4. The first-order valence-electron chi connectivity index (χ1n) is 6.08. The molecular weight excluding hydrogens is 314 g/mol. The largest absolute Gasteiger partial charge is 0.507 e. The van der Waals surface area contributed by atoms with Gasteiger partial charge in [-0.3, -0.25) is 4.79 Å². The third-order valence-corrected chi connectivity index (χ3v) is 3.78. The topological polar surface area (TPSA) is 75.6 Å². The Bertz CT molecular complexity index is 683. The molecule has 7 heteroatoms. The maximum atomic E-state index is 12.0. The van der Waals surface area contributed by atoms with Crippen LogP contribution in [0.15, 0.2) is 30.3 Å². The number of thiophene rings is 1. The van der Waals surface area contributed by atoms with Crippen molar-refractivity contribution in [2.45, 2.75) is 6.92 Å². The quantitative estimate of drug-likeness (QED) is 0.666. The molecule has 0 fully saturated rings. The number of aromatic hydroxyl groups is 1. The molecule has 1 heterocycles. The predicted molar refractivity (Wildman–Crippen MR) is 81.3 cm³/mol. The number of halogens is 1. The van der Waals surface area contributed by atoms with Crippen molar-refractivity contribution in [1.29, 1.82) is 0 Å². The molecule has 2 aromatic rings. The fourth-order valence-corrected chi connectivity index (χ4v) is 2.55. The molecule has 1 aromatic heterocycles. The highest BCUT2D eigenvalue weighted by Gasteiger charge is 2.15. The Labute approximate surface area is 130 Å². The van der Waals surface area contributed by atoms with Gasteiger partial charge < -0.3 is 15.2 Å². The molecule has 0 atom stereocenters. The number of hydrogen-bond acceptors (Lipinski definition) is 5. The first kappa shape index (κ1) is 15.3. The van der Waals surface area contributed by atoms with Crippen LogP contribution in [0.1, 0.15) is 27.0 Å². The Balaban J connectivity index is 2.19. The van der Waals surface area contributed by atoms with Crippen LogP contribution in [0.4, 0.5) is 5.69 Å². The molecule has 0 aliphatic carbocycles. The number of nitrogens with one attached hydrogen (secondary N) is 1. The number of carbonyl (C=O) groups is 2. The van der Waals surface area contributed by atoms with Crippen LogP contribution >= 0.6 is 22.9 Å². The lowest BCUT2D eigenvalue weighted by Gasteiger charge is -2.08. The predicted octanol–water partition coefficient (Wildman–Crippen LogP) is 3.54. The summed E-state index contributed by atoms with van der Waals surface area (Å²) in [6.07, 6.45) is 0. The van der Waals surface area contributed by atoms with Crippen molar-refractivity contribution in [1.82, 2.24) is 0 Å². The summed E-state index contributed by atoms with van der Waals surface area (Å²) in [5.74, 6) is -1.19. The van der Waals surface area contributed by atoms with Gasteiger partial charge in [-0.05, 0) is 37.3 Å². The van der Waals surface area contributed by atoms with E-state index in [-0.39, 0.29) is 23.8 Å². The average Bonchev–Trinajstić information content (AvgIpc) is 2.88. The number of benzene rings is 1. The molecule has 0 radical (unpaired) electrons. The summed E-state index contributed by atoms with van der Waals surface area (Å²) in [4.78, 5) is 24.1. The summed E-state index contributed by atoms with van der Waals surface area (Å²) in [5.41, 5.74) is 0.379. The van der Waals surface area contributed by atoms with E-state index in [1.807, 2.05) is 0 Å². The van der Waals surface area contributed by atoms with Crippen molar-refractivity contribution >= 4 is 40.5 Å². The van der Waals surface area contributed by atoms with Gasteiger partial charge in [0.25, 0.3) is 5.91 Å². The number of phenols is 1. The number of esters is 1. The highest BCUT2D eigenvalue weighted by molar-refractivity contribution is 7.18. The van der Waals surface area contributed by atoms with Crippen LogP contribution in [0, 0.1) is 0 Å². The SMILES string of the molecule is CCOC(=O)c1cc(NC(=O)c2ccc(Cl)s2)ccc1O. The van der Waals surface area contributed by atoms with Crippen LogP contribution in [-0.4, -0.2) is 23.6 Å². The van der Waals surface area contributed by atoms with Crippen molar-refractivity contribution in [3.05, 3.63) is 45.1 Å². The fraction of sp³-hybridized carbons (Fsp3) is 0.143. The molecule has 0 bridgehead atoms. The van der Waals surface area contributed by atoms with Gasteiger partial charge in [0.05, 0.1) is 15.8 Å². The summed E-state index contributed by atoms with van der Waals surface area (Å²) in [6, 6.07) is 7.41. The van der Waals surface area contributed by atoms with Gasteiger partial charge in [-0.1, -0.05) is 11.6 Å². The third-order valence-electron chi connectivity index (χ3n) is 2.55. The van der Waals surface area contributed by atoms with E-state index in [2.05, 4.69) is 5.32 Å². The molecule has 1 aromatic carbocycles. The highest BCUT2D eigenvalue weighted by atomic mass is 35.5. The lowest BCUT2D eigenvalue weighted by molar-refractivity contribution is 0.0523. The van der Waals surface area contributed by atoms with E-state index in [9.17, 15) is 14.7 Å². The molecule has 0 saturated heterocycles. The van der Waals surface area contributed by atoms with Gasteiger partial charge in [0.1, 0.15) is 11.3 Å². The molecular formula is C14H12ClNO4S. The van der Waals surface area contributed by atoms with Crippen LogP contribution in [0.25, 0.3) is 0 Å². The van der Waals surface area contributed by atoms with Gasteiger partial charge in [0, 0.05) is 5.69 Å². The van der Waals surface area contributed by atoms with Crippen LogP contribution in [0.2, 0.25) is 4.34 Å². The number of amides is 1. The molecule has 0 aliphatic rings. The average molecular weight is 326 g/mol. The summed E-state index contributed by atoms with van der Waals surface area (Å²) in [6.45, 7) is 1.86. The van der Waals surface area contributed by atoms with Gasteiger partial charge in [0.2, 0.25) is 0 Å². The molecule has 0 spiro atoms. The molecule has 2 N–H and O–H groups in total. The van der Waals surface area contributed by atoms with Crippen LogP contribution in [0.3, 0.4) is 0 Å². The van der Waals surface area contributed by atoms with Crippen molar-refractivity contribution in [3.63, 3.8) is 0 Å². The van der Waals surface area contributed by atoms with E-state index in [1.165, 1.54) is 18.2 Å². The van der Waals surface area contributed by atoms with Gasteiger partial charge in [-0.25, -0.2) is 4.79 Å². The lowest BCUT2D eigenvalue weighted by Crippen LogP contribution is -2.11. The normalized spacial score (nSPS) is 10.2. The summed E-state index contributed by atoms with van der Waals surface area (Å²) >= 11 is 6.92. The van der Waals surface area contributed by atoms with E-state index in [0.717, 1.165) is 11.3 Å². The van der Waals surface area contributed by atoms with E-state index in [1.54, 1.807) is 19.1 Å². The third kappa shape index (κ3) is 3.74. The Morgan fingerprint density at radius 3 is 2.71 bits per heavy atom. The van der Waals surface area contributed by atoms with Crippen molar-refractivity contribution in [2.75, 3.05) is 11.9 Å². The summed E-state index contributed by atoms with van der Waals surface area (Å²) in [5, 5.41) is 12.3. The van der Waals surface area contributed by atoms with Crippen molar-refractivity contribution in [2.24, 2.45) is 0 Å². The number of carbonyl (C=O) groups excluding carboxylic acids is 2. The fourth-order valence-electron chi connectivity index (χ4n) is 1.62. The minimum Gasteiger partial charge on any atom is -0.507 e. The van der Waals surface area contributed by atoms with Gasteiger partial charge >= 0.3 is 5.97 Å². The Morgan fingerprint density at radius 1 is 1.33 bits per heavy atom. The number of hydrogen-bond donors (Lipinski definition) is 2. The van der Waals surface area contributed by atoms with E-state index < -0.39 is 5.97 Å². The van der Waals surface area contributed by atoms with Crippen LogP contribution in [-0.2, 0) is 4.74 Å². The molecule has 5 nitrogen and oxygen atoms in total. The number of phenolic OH excluding ortho intramolecular Hbond substituents is 1. The van der Waals surface area contributed by atoms with Gasteiger partial charge in [0.15, 0.2) is 0 Å². The zero-order valence-corrected chi connectivity index (χ0v) is 12.6. The van der Waals surface area contributed by atoms with Crippen LogP contribution in [0.5, 0.6) is 5.75 Å². The second kappa shape index (κ2) is 6.60. The first-order chi connectivity index (χ1) is 10.0. The Kier molecular flexibility index (Phi) is 4.82. The van der Waals surface area contributed by atoms with Gasteiger partial charge in [-0.2, -0.15) is 0 Å². The van der Waals surface area contributed by atoms with Crippen molar-refractivity contribution < 1.29 is 19.4 Å². The Hall–Kier alpha value is -2.05. The zero-order valence-electron chi connectivity index (χ0n) is 11.1. The smallest absolute Gasteiger partial charge is 0.341 e. The molecule has 0 aliphatic heterocycles.